The molecule has 0 atom stereocenters. The van der Waals surface area contributed by atoms with E-state index in [9.17, 15) is 13.2 Å². The van der Waals surface area contributed by atoms with E-state index in [2.05, 4.69) is 25.6 Å². The highest BCUT2D eigenvalue weighted by atomic mass is 79.9. The molecule has 0 aliphatic carbocycles. The van der Waals surface area contributed by atoms with Gasteiger partial charge in [0.25, 0.3) is 10.0 Å². The van der Waals surface area contributed by atoms with Gasteiger partial charge >= 0.3 is 5.97 Å². The van der Waals surface area contributed by atoms with E-state index < -0.39 is 21.7 Å². The molecular weight excluding hydrogens is 380 g/mol. The molecule has 0 aliphatic heterocycles. The van der Waals surface area contributed by atoms with Gasteiger partial charge in [-0.1, -0.05) is 22.9 Å². The number of benzene rings is 1. The number of hydrogen-bond acceptors (Lipinski definition) is 5. The van der Waals surface area contributed by atoms with Crippen LogP contribution in [0.5, 0.6) is 0 Å². The molecule has 0 spiro atoms. The summed E-state index contributed by atoms with van der Waals surface area (Å²) in [4.78, 5) is 14.6. The number of carbonyl (C=O) groups is 1. The number of aromatic nitrogens is 1. The van der Waals surface area contributed by atoms with Gasteiger partial charge in [0.05, 0.1) is 11.2 Å². The summed E-state index contributed by atoms with van der Waals surface area (Å²) in [5.41, 5.74) is 1.95. The zero-order valence-corrected chi connectivity index (χ0v) is 14.0. The van der Waals surface area contributed by atoms with E-state index in [1.807, 2.05) is 13.0 Å². The molecule has 2 rings (SSSR count). The summed E-state index contributed by atoms with van der Waals surface area (Å²) in [6.45, 7) is 1.90. The van der Waals surface area contributed by atoms with Gasteiger partial charge in [-0.25, -0.2) is 18.2 Å². The number of rotatable bonds is 5. The third kappa shape index (κ3) is 3.42. The zero-order chi connectivity index (χ0) is 15.6. The summed E-state index contributed by atoms with van der Waals surface area (Å²) < 4.78 is 27.6. The van der Waals surface area contributed by atoms with E-state index in [0.717, 1.165) is 21.4 Å². The molecule has 2 aromatic rings. The lowest BCUT2D eigenvalue weighted by Crippen LogP contribution is -2.16. The summed E-state index contributed by atoms with van der Waals surface area (Å²) in [7, 11) is -3.98. The average Bonchev–Trinajstić information content (AvgIpc) is 2.91. The molecule has 6 nitrogen and oxygen atoms in total. The molecule has 1 heterocycles. The number of aromatic carboxylic acids is 1. The molecule has 0 unspecified atom stereocenters. The Kier molecular flexibility index (Phi) is 4.64. The van der Waals surface area contributed by atoms with Crippen molar-refractivity contribution < 1.29 is 18.3 Å². The maximum absolute atomic E-state index is 12.3. The summed E-state index contributed by atoms with van der Waals surface area (Å²) in [5.74, 6) is -1.37. The van der Waals surface area contributed by atoms with Gasteiger partial charge in [0.2, 0.25) is 0 Å². The highest BCUT2D eigenvalue weighted by molar-refractivity contribution is 9.10. The molecule has 21 heavy (non-hydrogen) atoms. The second-order valence-electron chi connectivity index (χ2n) is 4.05. The Balaban J connectivity index is 2.42. The Morgan fingerprint density at radius 1 is 1.48 bits per heavy atom. The fourth-order valence-corrected chi connectivity index (χ4v) is 4.36. The summed E-state index contributed by atoms with van der Waals surface area (Å²) >= 11 is 4.09. The van der Waals surface area contributed by atoms with Crippen molar-refractivity contribution in [1.29, 1.82) is 0 Å². The van der Waals surface area contributed by atoms with Crippen molar-refractivity contribution >= 4 is 48.9 Å². The molecule has 0 aliphatic rings. The molecule has 0 saturated carbocycles. The van der Waals surface area contributed by atoms with Gasteiger partial charge < -0.3 is 5.11 Å². The Morgan fingerprint density at radius 3 is 2.81 bits per heavy atom. The van der Waals surface area contributed by atoms with Gasteiger partial charge in [0.15, 0.2) is 9.90 Å². The highest BCUT2D eigenvalue weighted by Crippen LogP contribution is 2.27. The maximum Gasteiger partial charge on any atom is 0.356 e. The smallest absolute Gasteiger partial charge is 0.356 e. The summed E-state index contributed by atoms with van der Waals surface area (Å²) in [6.07, 6.45) is 0.631. The molecule has 9 heteroatoms. The predicted molar refractivity (Wildman–Crippen MR) is 83.4 cm³/mol. The number of thiazole rings is 1. The number of hydrogen-bond donors (Lipinski definition) is 2. The quantitative estimate of drug-likeness (QED) is 0.817. The van der Waals surface area contributed by atoms with Crippen LogP contribution in [0.15, 0.2) is 32.4 Å². The minimum atomic E-state index is -3.98. The lowest BCUT2D eigenvalue weighted by Gasteiger charge is -2.11. The van der Waals surface area contributed by atoms with Crippen molar-refractivity contribution in [2.75, 3.05) is 4.72 Å². The Bertz CT molecular complexity index is 786. The topological polar surface area (TPSA) is 96.4 Å². The van der Waals surface area contributed by atoms with Crippen LogP contribution in [0.3, 0.4) is 0 Å². The number of carboxylic acids is 1. The molecule has 1 aromatic heterocycles. The lowest BCUT2D eigenvalue weighted by molar-refractivity contribution is 0.0687. The van der Waals surface area contributed by atoms with Crippen LogP contribution in [0.25, 0.3) is 0 Å². The van der Waals surface area contributed by atoms with Crippen molar-refractivity contribution in [3.63, 3.8) is 0 Å². The van der Waals surface area contributed by atoms with Crippen LogP contribution in [0, 0.1) is 0 Å². The molecule has 0 saturated heterocycles. The second-order valence-corrected chi connectivity index (χ2v) is 7.70. The Labute approximate surface area is 134 Å². The number of nitrogens with zero attached hydrogens (tertiary/aromatic N) is 1. The maximum atomic E-state index is 12.3. The predicted octanol–water partition coefficient (Wildman–Crippen LogP) is 2.97. The number of halogens is 1. The third-order valence-electron chi connectivity index (χ3n) is 2.67. The monoisotopic (exact) mass is 390 g/mol. The van der Waals surface area contributed by atoms with Crippen LogP contribution in [0.4, 0.5) is 5.69 Å². The van der Waals surface area contributed by atoms with E-state index >= 15 is 0 Å². The third-order valence-corrected chi connectivity index (χ3v) is 5.90. The van der Waals surface area contributed by atoms with Gasteiger partial charge in [-0.05, 0) is 30.2 Å². The van der Waals surface area contributed by atoms with Crippen molar-refractivity contribution in [3.05, 3.63) is 39.4 Å². The van der Waals surface area contributed by atoms with Gasteiger partial charge in [-0.3, -0.25) is 4.72 Å². The number of aryl methyl sites for hydroxylation is 1. The second kappa shape index (κ2) is 6.12. The molecule has 0 fully saturated rings. The van der Waals surface area contributed by atoms with Crippen molar-refractivity contribution in [3.8, 4) is 0 Å². The fourth-order valence-electron chi connectivity index (χ4n) is 1.71. The van der Waals surface area contributed by atoms with Crippen LogP contribution in [-0.2, 0) is 16.4 Å². The SMILES string of the molecule is CCc1cc(Br)ccc1NS(=O)(=O)c1scnc1C(=O)O. The van der Waals surface area contributed by atoms with E-state index in [1.54, 1.807) is 12.1 Å². The molecular formula is C12H11BrN2O4S2. The van der Waals surface area contributed by atoms with Crippen LogP contribution < -0.4 is 4.72 Å². The van der Waals surface area contributed by atoms with E-state index in [-0.39, 0.29) is 4.21 Å². The number of carboxylic acid groups (broad SMARTS) is 1. The minimum Gasteiger partial charge on any atom is -0.476 e. The van der Waals surface area contributed by atoms with Crippen LogP contribution >= 0.6 is 27.3 Å². The number of sulfonamides is 1. The van der Waals surface area contributed by atoms with Gasteiger partial charge in [-0.2, -0.15) is 0 Å². The van der Waals surface area contributed by atoms with Gasteiger partial charge in [0.1, 0.15) is 0 Å². The van der Waals surface area contributed by atoms with Crippen LogP contribution in [0.1, 0.15) is 23.0 Å². The highest BCUT2D eigenvalue weighted by Gasteiger charge is 2.26. The van der Waals surface area contributed by atoms with Crippen LogP contribution in [0.2, 0.25) is 0 Å². The first kappa shape index (κ1) is 15.9. The van der Waals surface area contributed by atoms with Gasteiger partial charge in [0, 0.05) is 4.47 Å². The zero-order valence-electron chi connectivity index (χ0n) is 10.8. The van der Waals surface area contributed by atoms with Crippen molar-refractivity contribution in [2.24, 2.45) is 0 Å². The summed E-state index contributed by atoms with van der Waals surface area (Å²) in [5, 5.41) is 8.97. The molecule has 0 radical (unpaired) electrons. The normalized spacial score (nSPS) is 11.3. The van der Waals surface area contributed by atoms with Crippen LogP contribution in [-0.4, -0.2) is 24.5 Å². The van der Waals surface area contributed by atoms with Crippen molar-refractivity contribution in [2.45, 2.75) is 17.6 Å². The lowest BCUT2D eigenvalue weighted by atomic mass is 10.1. The summed E-state index contributed by atoms with van der Waals surface area (Å²) in [6, 6.07) is 5.15. The Morgan fingerprint density at radius 2 is 2.19 bits per heavy atom. The minimum absolute atomic E-state index is 0.306. The average molecular weight is 391 g/mol. The first-order valence-electron chi connectivity index (χ1n) is 5.83. The standard InChI is InChI=1S/C12H11BrN2O4S2/c1-2-7-5-8(13)3-4-9(7)15-21(18,19)12-10(11(16)17)14-6-20-12/h3-6,15H,2H2,1H3,(H,16,17). The molecule has 0 bridgehead atoms. The fraction of sp³-hybridized carbons (Fsp3) is 0.167. The number of nitrogens with one attached hydrogen (secondary N) is 1. The number of anilines is 1. The van der Waals surface area contributed by atoms with Crippen molar-refractivity contribution in [1.82, 2.24) is 4.98 Å². The van der Waals surface area contributed by atoms with E-state index in [1.165, 1.54) is 5.51 Å². The largest absolute Gasteiger partial charge is 0.476 e. The first-order chi connectivity index (χ1) is 9.85. The molecule has 112 valence electrons. The van der Waals surface area contributed by atoms with E-state index in [0.29, 0.717) is 12.1 Å². The molecule has 1 aromatic carbocycles. The first-order valence-corrected chi connectivity index (χ1v) is 8.98. The van der Waals surface area contributed by atoms with E-state index in [4.69, 9.17) is 5.11 Å². The molecule has 0 amide bonds. The molecule has 2 N–H and O–H groups in total. The Hall–Kier alpha value is -1.45. The van der Waals surface area contributed by atoms with Gasteiger partial charge in [-0.15, -0.1) is 11.3 Å².